The summed E-state index contributed by atoms with van der Waals surface area (Å²) in [5.74, 6) is 0.270. The molecule has 0 aliphatic heterocycles. The lowest BCUT2D eigenvalue weighted by Gasteiger charge is -2.13. The molecule has 0 heterocycles. The van der Waals surface area contributed by atoms with Gasteiger partial charge in [-0.05, 0) is 29.8 Å². The molecule has 2 aromatic rings. The molecule has 0 amide bonds. The van der Waals surface area contributed by atoms with Gasteiger partial charge in [-0.2, -0.15) is 0 Å². The van der Waals surface area contributed by atoms with Gasteiger partial charge in [0, 0.05) is 5.56 Å². The van der Waals surface area contributed by atoms with E-state index in [4.69, 9.17) is 4.74 Å². The zero-order valence-corrected chi connectivity index (χ0v) is 9.99. The van der Waals surface area contributed by atoms with Gasteiger partial charge in [0.25, 0.3) is 0 Å². The lowest BCUT2D eigenvalue weighted by atomic mass is 10.0. The van der Waals surface area contributed by atoms with Gasteiger partial charge in [0.2, 0.25) is 0 Å². The van der Waals surface area contributed by atoms with E-state index in [1.165, 1.54) is 19.2 Å². The molecular weight excluding hydrogens is 257 g/mol. The van der Waals surface area contributed by atoms with Crippen molar-refractivity contribution in [2.24, 2.45) is 0 Å². The Kier molecular flexibility index (Phi) is 3.64. The topological polar surface area (TPSA) is 18.5 Å². The zero-order chi connectivity index (χ0) is 13.9. The lowest BCUT2D eigenvalue weighted by molar-refractivity contribution is -0.274. The molecular formula is C14H10F3O2. The minimum absolute atomic E-state index is 0.289. The van der Waals surface area contributed by atoms with Crippen molar-refractivity contribution in [2.45, 2.75) is 6.36 Å². The normalized spacial score (nSPS) is 11.2. The summed E-state index contributed by atoms with van der Waals surface area (Å²) in [5.41, 5.74) is 0.905. The quantitative estimate of drug-likeness (QED) is 0.834. The van der Waals surface area contributed by atoms with Crippen LogP contribution in [-0.4, -0.2) is 13.5 Å². The SMILES string of the molecule is COc1cccc(-c2cc[c]cc2OC(F)(F)F)c1. The molecule has 2 aromatic carbocycles. The van der Waals surface area contributed by atoms with E-state index in [9.17, 15) is 13.2 Å². The molecule has 5 heteroatoms. The number of hydrogen-bond donors (Lipinski definition) is 0. The average molecular weight is 267 g/mol. The van der Waals surface area contributed by atoms with Crippen molar-refractivity contribution in [3.05, 3.63) is 48.5 Å². The third-order valence-electron chi connectivity index (χ3n) is 2.43. The molecule has 0 saturated heterocycles. The highest BCUT2D eigenvalue weighted by atomic mass is 19.4. The predicted molar refractivity (Wildman–Crippen MR) is 63.9 cm³/mol. The molecule has 99 valence electrons. The van der Waals surface area contributed by atoms with Crippen LogP contribution in [0.25, 0.3) is 11.1 Å². The highest BCUT2D eigenvalue weighted by Gasteiger charge is 2.32. The van der Waals surface area contributed by atoms with Gasteiger partial charge in [-0.3, -0.25) is 0 Å². The Bertz CT molecular complexity index is 565. The number of rotatable bonds is 3. The number of alkyl halides is 3. The zero-order valence-electron chi connectivity index (χ0n) is 9.99. The van der Waals surface area contributed by atoms with Gasteiger partial charge in [0.15, 0.2) is 0 Å². The molecule has 19 heavy (non-hydrogen) atoms. The molecule has 0 bridgehead atoms. The smallest absolute Gasteiger partial charge is 0.497 e. The first kappa shape index (κ1) is 13.3. The average Bonchev–Trinajstić information content (AvgIpc) is 2.37. The van der Waals surface area contributed by atoms with E-state index in [1.807, 2.05) is 0 Å². The first-order valence-corrected chi connectivity index (χ1v) is 5.40. The van der Waals surface area contributed by atoms with Crippen LogP contribution in [0.3, 0.4) is 0 Å². The van der Waals surface area contributed by atoms with Crippen LogP contribution in [0.1, 0.15) is 0 Å². The van der Waals surface area contributed by atoms with E-state index in [2.05, 4.69) is 10.8 Å². The molecule has 1 radical (unpaired) electrons. The van der Waals surface area contributed by atoms with Crippen molar-refractivity contribution in [3.63, 3.8) is 0 Å². The molecule has 2 rings (SSSR count). The summed E-state index contributed by atoms with van der Waals surface area (Å²) in [4.78, 5) is 0. The Morgan fingerprint density at radius 3 is 2.63 bits per heavy atom. The molecule has 0 spiro atoms. The van der Waals surface area contributed by atoms with Gasteiger partial charge in [-0.15, -0.1) is 13.2 Å². The maximum absolute atomic E-state index is 12.3. The second-order valence-corrected chi connectivity index (χ2v) is 3.70. The van der Waals surface area contributed by atoms with Crippen LogP contribution >= 0.6 is 0 Å². The summed E-state index contributed by atoms with van der Waals surface area (Å²) in [5, 5.41) is 0. The van der Waals surface area contributed by atoms with Crippen LogP contribution in [-0.2, 0) is 0 Å². The fraction of sp³-hybridized carbons (Fsp3) is 0.143. The van der Waals surface area contributed by atoms with Crippen LogP contribution in [0.5, 0.6) is 11.5 Å². The molecule has 0 fully saturated rings. The number of hydrogen-bond acceptors (Lipinski definition) is 2. The highest BCUT2D eigenvalue weighted by molar-refractivity contribution is 5.71. The third-order valence-corrected chi connectivity index (χ3v) is 2.43. The van der Waals surface area contributed by atoms with Crippen molar-refractivity contribution in [1.82, 2.24) is 0 Å². The lowest BCUT2D eigenvalue weighted by Crippen LogP contribution is -2.17. The second-order valence-electron chi connectivity index (χ2n) is 3.70. The number of methoxy groups -OCH3 is 1. The van der Waals surface area contributed by atoms with Gasteiger partial charge in [-0.25, -0.2) is 0 Å². The van der Waals surface area contributed by atoms with E-state index >= 15 is 0 Å². The highest BCUT2D eigenvalue weighted by Crippen LogP contribution is 2.34. The van der Waals surface area contributed by atoms with Gasteiger partial charge in [-0.1, -0.05) is 24.3 Å². The standard InChI is InChI=1S/C14H10F3O2/c1-18-11-6-4-5-10(9-11)12-7-2-3-8-13(12)19-14(15,16)17/h2,4-9H,1H3. The van der Waals surface area contributed by atoms with Crippen molar-refractivity contribution in [3.8, 4) is 22.6 Å². The van der Waals surface area contributed by atoms with Gasteiger partial charge in [0.1, 0.15) is 11.5 Å². The largest absolute Gasteiger partial charge is 0.573 e. The van der Waals surface area contributed by atoms with E-state index < -0.39 is 6.36 Å². The molecule has 0 atom stereocenters. The Morgan fingerprint density at radius 1 is 1.16 bits per heavy atom. The molecule has 0 N–H and O–H groups in total. The van der Waals surface area contributed by atoms with Crippen LogP contribution in [0, 0.1) is 6.07 Å². The minimum atomic E-state index is -4.73. The molecule has 0 aliphatic carbocycles. The first-order chi connectivity index (χ1) is 8.99. The summed E-state index contributed by atoms with van der Waals surface area (Å²) in [6.07, 6.45) is -4.73. The molecule has 0 aliphatic rings. The maximum atomic E-state index is 12.3. The number of ether oxygens (including phenoxy) is 2. The van der Waals surface area contributed by atoms with Crippen LogP contribution in [0.15, 0.2) is 42.5 Å². The van der Waals surface area contributed by atoms with E-state index in [0.29, 0.717) is 16.9 Å². The fourth-order valence-electron chi connectivity index (χ4n) is 1.65. The Labute approximate surface area is 108 Å². The van der Waals surface area contributed by atoms with E-state index in [1.54, 1.807) is 24.3 Å². The van der Waals surface area contributed by atoms with Crippen molar-refractivity contribution in [1.29, 1.82) is 0 Å². The van der Waals surface area contributed by atoms with E-state index in [-0.39, 0.29) is 5.75 Å². The number of benzene rings is 2. The summed E-state index contributed by atoms with van der Waals surface area (Å²) in [6.45, 7) is 0. The van der Waals surface area contributed by atoms with Crippen molar-refractivity contribution in [2.75, 3.05) is 7.11 Å². The first-order valence-electron chi connectivity index (χ1n) is 5.40. The van der Waals surface area contributed by atoms with Crippen molar-refractivity contribution >= 4 is 0 Å². The van der Waals surface area contributed by atoms with Crippen LogP contribution in [0.2, 0.25) is 0 Å². The fourth-order valence-corrected chi connectivity index (χ4v) is 1.65. The Hall–Kier alpha value is -2.17. The van der Waals surface area contributed by atoms with Gasteiger partial charge < -0.3 is 9.47 Å². The Balaban J connectivity index is 2.44. The maximum Gasteiger partial charge on any atom is 0.573 e. The molecule has 0 aromatic heterocycles. The van der Waals surface area contributed by atoms with Gasteiger partial charge in [0.05, 0.1) is 7.11 Å². The summed E-state index contributed by atoms with van der Waals surface area (Å²) >= 11 is 0. The molecule has 2 nitrogen and oxygen atoms in total. The van der Waals surface area contributed by atoms with Crippen LogP contribution < -0.4 is 9.47 Å². The number of halogens is 3. The second kappa shape index (κ2) is 5.22. The molecule has 0 saturated carbocycles. The summed E-state index contributed by atoms with van der Waals surface area (Å²) in [7, 11) is 1.49. The predicted octanol–water partition coefficient (Wildman–Crippen LogP) is 4.06. The minimum Gasteiger partial charge on any atom is -0.497 e. The van der Waals surface area contributed by atoms with Crippen LogP contribution in [0.4, 0.5) is 13.2 Å². The summed E-state index contributed by atoms with van der Waals surface area (Å²) < 4.78 is 46.0. The van der Waals surface area contributed by atoms with E-state index in [0.717, 1.165) is 6.07 Å². The molecule has 0 unspecified atom stereocenters. The van der Waals surface area contributed by atoms with Gasteiger partial charge >= 0.3 is 6.36 Å². The monoisotopic (exact) mass is 267 g/mol. The van der Waals surface area contributed by atoms with Crippen molar-refractivity contribution < 1.29 is 22.6 Å². The third kappa shape index (κ3) is 3.40. The Morgan fingerprint density at radius 2 is 1.95 bits per heavy atom. The summed E-state index contributed by atoms with van der Waals surface area (Å²) in [6, 6.07) is 13.5.